The van der Waals surface area contributed by atoms with Crippen molar-refractivity contribution >= 4 is 50.9 Å². The van der Waals surface area contributed by atoms with E-state index in [0.29, 0.717) is 21.8 Å². The highest BCUT2D eigenvalue weighted by atomic mass is 35.5. The molecule has 1 amide bonds. The molecule has 2 aromatic carbocycles. The Labute approximate surface area is 166 Å². The number of hydrogen-bond donors (Lipinski definition) is 3. The molecule has 3 rings (SSSR count). The highest BCUT2D eigenvalue weighted by Gasteiger charge is 2.06. The molecule has 0 aliphatic carbocycles. The second-order valence-corrected chi connectivity index (χ2v) is 6.86. The van der Waals surface area contributed by atoms with E-state index in [-0.39, 0.29) is 5.91 Å². The molecular weight excluding hydrogens is 382 g/mol. The van der Waals surface area contributed by atoms with E-state index in [0.717, 1.165) is 17.8 Å². The van der Waals surface area contributed by atoms with E-state index in [4.69, 9.17) is 11.6 Å². The monoisotopic (exact) mass is 399 g/mol. The number of aromatic nitrogens is 2. The molecule has 8 heteroatoms. The predicted molar refractivity (Wildman–Crippen MR) is 112 cm³/mol. The smallest absolute Gasteiger partial charge is 0.250 e. The van der Waals surface area contributed by atoms with Gasteiger partial charge in [-0.2, -0.15) is 0 Å². The van der Waals surface area contributed by atoms with E-state index < -0.39 is 0 Å². The first kappa shape index (κ1) is 18.9. The lowest BCUT2D eigenvalue weighted by molar-refractivity contribution is -0.111. The predicted octanol–water partition coefficient (Wildman–Crippen LogP) is 4.37. The van der Waals surface area contributed by atoms with Crippen molar-refractivity contribution in [1.82, 2.24) is 10.2 Å². The van der Waals surface area contributed by atoms with Crippen molar-refractivity contribution in [3.05, 3.63) is 71.3 Å². The maximum absolute atomic E-state index is 12.0. The van der Waals surface area contributed by atoms with Crippen molar-refractivity contribution in [1.29, 1.82) is 0 Å². The van der Waals surface area contributed by atoms with Gasteiger partial charge < -0.3 is 10.6 Å². The number of anilines is 3. The van der Waals surface area contributed by atoms with Gasteiger partial charge in [-0.15, -0.1) is 10.2 Å². The summed E-state index contributed by atoms with van der Waals surface area (Å²) in [6.45, 7) is 1.43. The topological polar surface area (TPSA) is 78.9 Å². The second-order valence-electron chi connectivity index (χ2n) is 5.48. The Kier molecular flexibility index (Phi) is 6.78. The fourth-order valence-electron chi connectivity index (χ4n) is 2.20. The summed E-state index contributed by atoms with van der Waals surface area (Å²) >= 11 is 7.33. The molecule has 6 nitrogen and oxygen atoms in total. The van der Waals surface area contributed by atoms with Crippen molar-refractivity contribution in [2.75, 3.05) is 29.0 Å². The molecule has 3 aromatic rings. The molecule has 3 N–H and O–H groups in total. The molecular formula is C19H18ClN5OS. The minimum absolute atomic E-state index is 0.289. The Balaban J connectivity index is 1.43. The van der Waals surface area contributed by atoms with Crippen LogP contribution >= 0.6 is 22.9 Å². The van der Waals surface area contributed by atoms with Gasteiger partial charge in [-0.05, 0) is 29.8 Å². The van der Waals surface area contributed by atoms with E-state index in [1.807, 2.05) is 48.5 Å². The summed E-state index contributed by atoms with van der Waals surface area (Å²) in [5, 5.41) is 18.8. The van der Waals surface area contributed by atoms with Crippen LogP contribution in [-0.2, 0) is 4.79 Å². The first-order valence-electron chi connectivity index (χ1n) is 8.30. The number of benzene rings is 2. The molecule has 0 fully saturated rings. The first-order valence-corrected chi connectivity index (χ1v) is 9.50. The van der Waals surface area contributed by atoms with Crippen LogP contribution in [0, 0.1) is 0 Å². The molecule has 0 unspecified atom stereocenters. The lowest BCUT2D eigenvalue weighted by Crippen LogP contribution is -2.13. The normalized spacial score (nSPS) is 10.7. The van der Waals surface area contributed by atoms with Crippen LogP contribution in [0.1, 0.15) is 5.56 Å². The molecule has 27 heavy (non-hydrogen) atoms. The molecule has 138 valence electrons. The van der Waals surface area contributed by atoms with Gasteiger partial charge in [-0.25, -0.2) is 0 Å². The lowest BCUT2D eigenvalue weighted by Gasteiger charge is -2.05. The number of nitrogens with one attached hydrogen (secondary N) is 3. The number of para-hydroxylation sites is 1. The maximum Gasteiger partial charge on any atom is 0.250 e. The van der Waals surface area contributed by atoms with Gasteiger partial charge in [0, 0.05) is 29.9 Å². The van der Waals surface area contributed by atoms with Gasteiger partial charge in [-0.1, -0.05) is 59.3 Å². The first-order chi connectivity index (χ1) is 13.2. The molecule has 0 radical (unpaired) electrons. The van der Waals surface area contributed by atoms with Gasteiger partial charge in [0.05, 0.1) is 0 Å². The number of hydrogen-bond acceptors (Lipinski definition) is 6. The lowest BCUT2D eigenvalue weighted by atomic mass is 10.2. The third-order valence-electron chi connectivity index (χ3n) is 3.48. The standard InChI is InChI=1S/C19H18ClN5OS/c20-16-9-5-4-6-14(16)10-11-17(26)23-19-25-24-18(27-19)22-13-12-21-15-7-2-1-3-8-15/h1-11,21H,12-13H2,(H,22,24)(H,23,25,26). The van der Waals surface area contributed by atoms with E-state index in [1.165, 1.54) is 17.4 Å². The van der Waals surface area contributed by atoms with Gasteiger partial charge in [0.1, 0.15) is 0 Å². The molecule has 0 bridgehead atoms. The van der Waals surface area contributed by atoms with Crippen molar-refractivity contribution in [3.63, 3.8) is 0 Å². The Morgan fingerprint density at radius 1 is 0.963 bits per heavy atom. The Morgan fingerprint density at radius 2 is 1.67 bits per heavy atom. The largest absolute Gasteiger partial charge is 0.383 e. The van der Waals surface area contributed by atoms with Gasteiger partial charge in [0.15, 0.2) is 0 Å². The van der Waals surface area contributed by atoms with E-state index in [2.05, 4.69) is 26.1 Å². The maximum atomic E-state index is 12.0. The summed E-state index contributed by atoms with van der Waals surface area (Å²) in [6.07, 6.45) is 3.08. The summed E-state index contributed by atoms with van der Waals surface area (Å²) in [6, 6.07) is 17.3. The fraction of sp³-hybridized carbons (Fsp3) is 0.105. The van der Waals surface area contributed by atoms with Crippen molar-refractivity contribution in [3.8, 4) is 0 Å². The molecule has 0 spiro atoms. The molecule has 0 saturated carbocycles. The molecule has 1 heterocycles. The Hall–Kier alpha value is -2.90. The zero-order valence-corrected chi connectivity index (χ0v) is 15.9. The van der Waals surface area contributed by atoms with Gasteiger partial charge in [0.25, 0.3) is 0 Å². The summed E-state index contributed by atoms with van der Waals surface area (Å²) in [7, 11) is 0. The Bertz CT molecular complexity index is 913. The fourth-order valence-corrected chi connectivity index (χ4v) is 3.07. The van der Waals surface area contributed by atoms with Gasteiger partial charge in [0.2, 0.25) is 16.2 Å². The van der Waals surface area contributed by atoms with Crippen LogP contribution in [-0.4, -0.2) is 29.2 Å². The SMILES string of the molecule is O=C(C=Cc1ccccc1Cl)Nc1nnc(NCCNc2ccccc2)s1. The summed E-state index contributed by atoms with van der Waals surface area (Å²) in [5.74, 6) is -0.289. The number of rotatable bonds is 8. The number of halogens is 1. The van der Waals surface area contributed by atoms with Crippen LogP contribution in [0.3, 0.4) is 0 Å². The van der Waals surface area contributed by atoms with Crippen molar-refractivity contribution < 1.29 is 4.79 Å². The Morgan fingerprint density at radius 3 is 2.48 bits per heavy atom. The highest BCUT2D eigenvalue weighted by Crippen LogP contribution is 2.20. The van der Waals surface area contributed by atoms with Crippen LogP contribution in [0.4, 0.5) is 16.0 Å². The molecule has 0 saturated heterocycles. The highest BCUT2D eigenvalue weighted by molar-refractivity contribution is 7.19. The van der Waals surface area contributed by atoms with Gasteiger partial charge in [-0.3, -0.25) is 10.1 Å². The van der Waals surface area contributed by atoms with Crippen LogP contribution in [0.25, 0.3) is 6.08 Å². The average molecular weight is 400 g/mol. The molecule has 0 aliphatic rings. The summed E-state index contributed by atoms with van der Waals surface area (Å²) in [4.78, 5) is 12.0. The van der Waals surface area contributed by atoms with E-state index in [1.54, 1.807) is 12.1 Å². The zero-order valence-electron chi connectivity index (χ0n) is 14.4. The molecule has 0 aliphatic heterocycles. The second kappa shape index (κ2) is 9.70. The van der Waals surface area contributed by atoms with Crippen LogP contribution in [0.2, 0.25) is 5.02 Å². The molecule has 1 aromatic heterocycles. The average Bonchev–Trinajstić information content (AvgIpc) is 3.12. The van der Waals surface area contributed by atoms with Crippen LogP contribution in [0.15, 0.2) is 60.7 Å². The third kappa shape index (κ3) is 6.09. The summed E-state index contributed by atoms with van der Waals surface area (Å²) < 4.78 is 0. The minimum Gasteiger partial charge on any atom is -0.383 e. The van der Waals surface area contributed by atoms with Crippen LogP contribution < -0.4 is 16.0 Å². The van der Waals surface area contributed by atoms with E-state index in [9.17, 15) is 4.79 Å². The molecule has 0 atom stereocenters. The number of nitrogens with zero attached hydrogens (tertiary/aromatic N) is 2. The summed E-state index contributed by atoms with van der Waals surface area (Å²) in [5.41, 5.74) is 1.84. The number of carbonyl (C=O) groups excluding carboxylic acids is 1. The minimum atomic E-state index is -0.289. The number of carbonyl (C=O) groups is 1. The van der Waals surface area contributed by atoms with Crippen LogP contribution in [0.5, 0.6) is 0 Å². The van der Waals surface area contributed by atoms with Crippen molar-refractivity contribution in [2.45, 2.75) is 0 Å². The van der Waals surface area contributed by atoms with Gasteiger partial charge >= 0.3 is 0 Å². The van der Waals surface area contributed by atoms with Crippen molar-refractivity contribution in [2.24, 2.45) is 0 Å². The third-order valence-corrected chi connectivity index (χ3v) is 4.62. The quantitative estimate of drug-likeness (QED) is 0.387. The number of amides is 1. The zero-order chi connectivity index (χ0) is 18.9. The van der Waals surface area contributed by atoms with E-state index >= 15 is 0 Å².